The summed E-state index contributed by atoms with van der Waals surface area (Å²) in [6, 6.07) is 15.1. The van der Waals surface area contributed by atoms with Crippen molar-refractivity contribution in [2.45, 2.75) is 6.61 Å². The van der Waals surface area contributed by atoms with E-state index in [0.29, 0.717) is 11.6 Å². The van der Waals surface area contributed by atoms with Crippen LogP contribution >= 0.6 is 0 Å². The number of rotatable bonds is 4. The molecule has 1 aromatic heterocycles. The van der Waals surface area contributed by atoms with Gasteiger partial charge in [0.1, 0.15) is 5.75 Å². The predicted octanol–water partition coefficient (Wildman–Crippen LogP) is 2.64. The van der Waals surface area contributed by atoms with E-state index in [1.165, 1.54) is 0 Å². The number of aromatic nitrogens is 3. The second-order valence-corrected chi connectivity index (χ2v) is 4.59. The second kappa shape index (κ2) is 5.76. The van der Waals surface area contributed by atoms with E-state index in [9.17, 15) is 5.11 Å². The molecule has 0 aliphatic carbocycles. The Kier molecular flexibility index (Phi) is 3.66. The number of aliphatic hydroxyl groups is 1. The maximum Gasteiger partial charge on any atom is 0.181 e. The molecule has 0 saturated carbocycles. The minimum absolute atomic E-state index is 0.00357. The molecule has 3 aromatic rings. The van der Waals surface area contributed by atoms with Crippen LogP contribution in [0.2, 0.25) is 0 Å². The summed E-state index contributed by atoms with van der Waals surface area (Å²) in [6.07, 6.45) is 0. The highest BCUT2D eigenvalue weighted by molar-refractivity contribution is 5.62. The van der Waals surface area contributed by atoms with Crippen LogP contribution in [0.25, 0.3) is 22.8 Å². The summed E-state index contributed by atoms with van der Waals surface area (Å²) in [6.45, 7) is 0.00357. The lowest BCUT2D eigenvalue weighted by Gasteiger charge is -2.00. The maximum absolute atomic E-state index is 9.18. The summed E-state index contributed by atoms with van der Waals surface area (Å²) in [4.78, 5) is 4.49. The van der Waals surface area contributed by atoms with Gasteiger partial charge in [0.2, 0.25) is 0 Å². The molecule has 0 bridgehead atoms. The van der Waals surface area contributed by atoms with Gasteiger partial charge in [-0.05, 0) is 35.9 Å². The van der Waals surface area contributed by atoms with Crippen molar-refractivity contribution >= 4 is 0 Å². The quantitative estimate of drug-likeness (QED) is 0.771. The third-order valence-electron chi connectivity index (χ3n) is 3.22. The molecule has 0 spiro atoms. The molecule has 0 amide bonds. The molecular weight excluding hydrogens is 266 g/mol. The van der Waals surface area contributed by atoms with E-state index >= 15 is 0 Å². The van der Waals surface area contributed by atoms with Crippen LogP contribution in [0, 0.1) is 0 Å². The topological polar surface area (TPSA) is 71.0 Å². The van der Waals surface area contributed by atoms with Gasteiger partial charge >= 0.3 is 0 Å². The van der Waals surface area contributed by atoms with Gasteiger partial charge in [-0.2, -0.15) is 5.10 Å². The van der Waals surface area contributed by atoms with Crippen molar-refractivity contribution in [1.82, 2.24) is 15.2 Å². The lowest BCUT2D eigenvalue weighted by molar-refractivity contribution is 0.282. The highest BCUT2D eigenvalue weighted by atomic mass is 16.5. The third kappa shape index (κ3) is 2.78. The molecule has 106 valence electrons. The lowest BCUT2D eigenvalue weighted by atomic mass is 10.1. The molecule has 0 aliphatic heterocycles. The van der Waals surface area contributed by atoms with Gasteiger partial charge in [0.15, 0.2) is 11.6 Å². The van der Waals surface area contributed by atoms with E-state index in [2.05, 4.69) is 15.2 Å². The molecule has 0 atom stereocenters. The van der Waals surface area contributed by atoms with Crippen LogP contribution in [-0.4, -0.2) is 27.4 Å². The first-order valence-corrected chi connectivity index (χ1v) is 6.57. The van der Waals surface area contributed by atoms with Gasteiger partial charge in [0.05, 0.1) is 13.7 Å². The molecule has 0 unspecified atom stereocenters. The summed E-state index contributed by atoms with van der Waals surface area (Å²) in [5.41, 5.74) is 2.65. The van der Waals surface area contributed by atoms with E-state index < -0.39 is 0 Å². The SMILES string of the molecule is COc1ccc(-c2nc(-c3cccc(CO)c3)n[nH]2)cc1. The van der Waals surface area contributed by atoms with E-state index in [0.717, 1.165) is 22.4 Å². The van der Waals surface area contributed by atoms with Crippen molar-refractivity contribution in [2.75, 3.05) is 7.11 Å². The van der Waals surface area contributed by atoms with E-state index in [1.807, 2.05) is 48.5 Å². The molecule has 2 N–H and O–H groups in total. The van der Waals surface area contributed by atoms with Crippen molar-refractivity contribution in [3.8, 4) is 28.5 Å². The normalized spacial score (nSPS) is 10.6. The molecule has 0 radical (unpaired) electrons. The summed E-state index contributed by atoms with van der Waals surface area (Å²) in [7, 11) is 1.63. The fraction of sp³-hybridized carbons (Fsp3) is 0.125. The third-order valence-corrected chi connectivity index (χ3v) is 3.22. The number of methoxy groups -OCH3 is 1. The fourth-order valence-electron chi connectivity index (χ4n) is 2.08. The van der Waals surface area contributed by atoms with Crippen molar-refractivity contribution < 1.29 is 9.84 Å². The first kappa shape index (κ1) is 13.3. The van der Waals surface area contributed by atoms with Gasteiger partial charge in [0, 0.05) is 11.1 Å². The minimum Gasteiger partial charge on any atom is -0.497 e. The van der Waals surface area contributed by atoms with E-state index in [4.69, 9.17) is 4.74 Å². The highest BCUT2D eigenvalue weighted by Crippen LogP contribution is 2.22. The Hall–Kier alpha value is -2.66. The van der Waals surface area contributed by atoms with Crippen LogP contribution in [0.15, 0.2) is 48.5 Å². The number of hydrogen-bond acceptors (Lipinski definition) is 4. The zero-order chi connectivity index (χ0) is 14.7. The molecule has 0 fully saturated rings. The fourth-order valence-corrected chi connectivity index (χ4v) is 2.08. The average Bonchev–Trinajstić information content (AvgIpc) is 3.05. The van der Waals surface area contributed by atoms with Crippen molar-refractivity contribution in [3.05, 3.63) is 54.1 Å². The molecule has 5 heteroatoms. The number of aliphatic hydroxyl groups excluding tert-OH is 1. The van der Waals surface area contributed by atoms with E-state index in [-0.39, 0.29) is 6.61 Å². The molecule has 3 rings (SSSR count). The van der Waals surface area contributed by atoms with Crippen LogP contribution < -0.4 is 4.74 Å². The molecule has 2 aromatic carbocycles. The maximum atomic E-state index is 9.18. The summed E-state index contributed by atoms with van der Waals surface area (Å²) in [5, 5.41) is 16.3. The Bertz CT molecular complexity index is 735. The van der Waals surface area contributed by atoms with Gasteiger partial charge in [-0.3, -0.25) is 5.10 Å². The van der Waals surface area contributed by atoms with Crippen LogP contribution in [0.1, 0.15) is 5.56 Å². The molecule has 0 aliphatic rings. The van der Waals surface area contributed by atoms with Crippen LogP contribution in [0.4, 0.5) is 0 Å². The summed E-state index contributed by atoms with van der Waals surface area (Å²) >= 11 is 0. The smallest absolute Gasteiger partial charge is 0.181 e. The standard InChI is InChI=1S/C16H15N3O2/c1-21-14-7-5-12(6-8-14)15-17-16(19-18-15)13-4-2-3-11(9-13)10-20/h2-9,20H,10H2,1H3,(H,17,18,19). The van der Waals surface area contributed by atoms with Gasteiger partial charge in [-0.15, -0.1) is 0 Å². The number of ether oxygens (including phenoxy) is 1. The lowest BCUT2D eigenvalue weighted by Crippen LogP contribution is -1.86. The monoisotopic (exact) mass is 281 g/mol. The molecular formula is C16H15N3O2. The van der Waals surface area contributed by atoms with Crippen LogP contribution in [-0.2, 0) is 6.61 Å². The Morgan fingerprint density at radius 3 is 2.62 bits per heavy atom. The summed E-state index contributed by atoms with van der Waals surface area (Å²) < 4.78 is 5.14. The largest absolute Gasteiger partial charge is 0.497 e. The van der Waals surface area contributed by atoms with Crippen LogP contribution in [0.3, 0.4) is 0 Å². The van der Waals surface area contributed by atoms with Crippen molar-refractivity contribution in [1.29, 1.82) is 0 Å². The average molecular weight is 281 g/mol. The second-order valence-electron chi connectivity index (χ2n) is 4.59. The van der Waals surface area contributed by atoms with E-state index in [1.54, 1.807) is 7.11 Å². The Morgan fingerprint density at radius 2 is 1.90 bits per heavy atom. The van der Waals surface area contributed by atoms with Gasteiger partial charge in [-0.25, -0.2) is 4.98 Å². The van der Waals surface area contributed by atoms with Gasteiger partial charge < -0.3 is 9.84 Å². The molecule has 1 heterocycles. The number of nitrogens with zero attached hydrogens (tertiary/aromatic N) is 2. The number of hydrogen-bond donors (Lipinski definition) is 2. The van der Waals surface area contributed by atoms with Gasteiger partial charge in [0.25, 0.3) is 0 Å². The predicted molar refractivity (Wildman–Crippen MR) is 79.7 cm³/mol. The van der Waals surface area contributed by atoms with Gasteiger partial charge in [-0.1, -0.05) is 18.2 Å². The number of nitrogens with one attached hydrogen (secondary N) is 1. The highest BCUT2D eigenvalue weighted by Gasteiger charge is 2.08. The molecule has 5 nitrogen and oxygen atoms in total. The molecule has 0 saturated heterocycles. The zero-order valence-corrected chi connectivity index (χ0v) is 11.6. The molecule has 21 heavy (non-hydrogen) atoms. The Morgan fingerprint density at radius 1 is 1.10 bits per heavy atom. The minimum atomic E-state index is 0.00357. The van der Waals surface area contributed by atoms with Crippen LogP contribution in [0.5, 0.6) is 5.75 Å². The number of benzene rings is 2. The number of H-pyrrole nitrogens is 1. The first-order valence-electron chi connectivity index (χ1n) is 6.57. The number of aromatic amines is 1. The van der Waals surface area contributed by atoms with Crippen molar-refractivity contribution in [3.63, 3.8) is 0 Å². The Labute approximate surface area is 122 Å². The first-order chi connectivity index (χ1) is 10.3. The zero-order valence-electron chi connectivity index (χ0n) is 11.6. The Balaban J connectivity index is 1.91. The summed E-state index contributed by atoms with van der Waals surface area (Å²) in [5.74, 6) is 2.10. The van der Waals surface area contributed by atoms with Crippen molar-refractivity contribution in [2.24, 2.45) is 0 Å².